The molecule has 1 atom stereocenters. The molecular formula is C25H28N6O2. The lowest BCUT2D eigenvalue weighted by atomic mass is 10.0. The van der Waals surface area contributed by atoms with Crippen LogP contribution in [0.15, 0.2) is 48.9 Å². The monoisotopic (exact) mass is 444 g/mol. The van der Waals surface area contributed by atoms with Gasteiger partial charge in [-0.15, -0.1) is 10.2 Å². The summed E-state index contributed by atoms with van der Waals surface area (Å²) in [5, 5.41) is 22.1. The minimum absolute atomic E-state index is 0.0172. The number of ether oxygens (including phenoxy) is 1. The van der Waals surface area contributed by atoms with Crippen LogP contribution in [0.4, 0.5) is 5.82 Å². The number of hydrogen-bond donors (Lipinski definition) is 2. The molecule has 0 saturated carbocycles. The van der Waals surface area contributed by atoms with E-state index in [1.807, 2.05) is 55.8 Å². The molecule has 2 N–H and O–H groups in total. The molecule has 0 aliphatic heterocycles. The first kappa shape index (κ1) is 22.4. The Morgan fingerprint density at radius 3 is 2.55 bits per heavy atom. The van der Waals surface area contributed by atoms with Gasteiger partial charge in [0.2, 0.25) is 0 Å². The maximum Gasteiger partial charge on any atom is 0.152 e. The van der Waals surface area contributed by atoms with Crippen LogP contribution in [-0.4, -0.2) is 36.9 Å². The number of aromatic nitrogens is 5. The molecule has 170 valence electrons. The maximum atomic E-state index is 9.87. The highest BCUT2D eigenvalue weighted by atomic mass is 16.5. The number of imidazole rings is 1. The van der Waals surface area contributed by atoms with Crippen molar-refractivity contribution in [2.24, 2.45) is 0 Å². The third-order valence-electron chi connectivity index (χ3n) is 5.55. The summed E-state index contributed by atoms with van der Waals surface area (Å²) in [5.41, 5.74) is 6.65. The summed E-state index contributed by atoms with van der Waals surface area (Å²) in [6, 6.07) is 11.9. The van der Waals surface area contributed by atoms with Gasteiger partial charge >= 0.3 is 0 Å². The second-order valence-corrected chi connectivity index (χ2v) is 8.12. The summed E-state index contributed by atoms with van der Waals surface area (Å²) in [4.78, 5) is 8.87. The first-order chi connectivity index (χ1) is 15.9. The topological polar surface area (TPSA) is 98.0 Å². The van der Waals surface area contributed by atoms with E-state index in [1.165, 1.54) is 0 Å². The van der Waals surface area contributed by atoms with Crippen LogP contribution in [0.1, 0.15) is 41.0 Å². The molecule has 0 aliphatic rings. The number of pyridine rings is 1. The number of benzene rings is 1. The number of aliphatic hydroxyl groups is 1. The average molecular weight is 445 g/mol. The number of methoxy groups -OCH3 is 1. The number of hydrogen-bond acceptors (Lipinski definition) is 7. The van der Waals surface area contributed by atoms with Gasteiger partial charge in [-0.25, -0.2) is 9.97 Å². The van der Waals surface area contributed by atoms with Crippen LogP contribution in [0.3, 0.4) is 0 Å². The second-order valence-electron chi connectivity index (χ2n) is 8.12. The maximum absolute atomic E-state index is 9.87. The van der Waals surface area contributed by atoms with Gasteiger partial charge in [0.15, 0.2) is 5.82 Å². The zero-order valence-electron chi connectivity index (χ0n) is 19.5. The lowest BCUT2D eigenvalue weighted by Gasteiger charge is -2.19. The Morgan fingerprint density at radius 1 is 1.06 bits per heavy atom. The van der Waals surface area contributed by atoms with Crippen LogP contribution >= 0.6 is 0 Å². The fourth-order valence-corrected chi connectivity index (χ4v) is 3.75. The van der Waals surface area contributed by atoms with E-state index in [4.69, 9.17) is 4.74 Å². The molecule has 0 spiro atoms. The summed E-state index contributed by atoms with van der Waals surface area (Å²) in [6.07, 6.45) is 3.60. The largest absolute Gasteiger partial charge is 0.496 e. The standard InChI is InChI=1S/C25H28N6O2/c1-15-6-7-19(24(10-15)33-5)18(4)27-25-16(2)11-21(29-30-25)20-8-9-23(22(13-32)28-20)31-12-17(3)26-14-31/h6-12,14,18,32H,13H2,1-5H3,(H,27,30)/t18-/m0/s1. The molecule has 0 radical (unpaired) electrons. The minimum atomic E-state index is -0.192. The summed E-state index contributed by atoms with van der Waals surface area (Å²) < 4.78 is 7.40. The average Bonchev–Trinajstić information content (AvgIpc) is 3.25. The first-order valence-corrected chi connectivity index (χ1v) is 10.8. The van der Waals surface area contributed by atoms with Gasteiger partial charge in [-0.05, 0) is 63.1 Å². The van der Waals surface area contributed by atoms with E-state index < -0.39 is 0 Å². The molecule has 0 saturated heterocycles. The fourth-order valence-electron chi connectivity index (χ4n) is 3.75. The number of aryl methyl sites for hydroxylation is 3. The van der Waals surface area contributed by atoms with Gasteiger partial charge < -0.3 is 19.7 Å². The smallest absolute Gasteiger partial charge is 0.152 e. The van der Waals surface area contributed by atoms with Gasteiger partial charge in [-0.2, -0.15) is 0 Å². The molecule has 1 aromatic carbocycles. The molecular weight excluding hydrogens is 416 g/mol. The van der Waals surface area contributed by atoms with Crippen LogP contribution in [0, 0.1) is 20.8 Å². The predicted octanol–water partition coefficient (Wildman–Crippen LogP) is 4.32. The zero-order valence-corrected chi connectivity index (χ0v) is 19.5. The lowest BCUT2D eigenvalue weighted by Crippen LogP contribution is -2.11. The molecule has 4 rings (SSSR count). The molecule has 0 bridgehead atoms. The molecule has 0 unspecified atom stereocenters. The van der Waals surface area contributed by atoms with E-state index in [-0.39, 0.29) is 12.6 Å². The summed E-state index contributed by atoms with van der Waals surface area (Å²) >= 11 is 0. The Balaban J connectivity index is 1.59. The van der Waals surface area contributed by atoms with Crippen molar-refractivity contribution in [1.82, 2.24) is 24.7 Å². The number of nitrogens with one attached hydrogen (secondary N) is 1. The third-order valence-corrected chi connectivity index (χ3v) is 5.55. The van der Waals surface area contributed by atoms with Gasteiger partial charge in [0, 0.05) is 11.8 Å². The van der Waals surface area contributed by atoms with Crippen molar-refractivity contribution in [2.75, 3.05) is 12.4 Å². The van der Waals surface area contributed by atoms with Crippen LogP contribution in [-0.2, 0) is 6.61 Å². The third kappa shape index (κ3) is 4.70. The van der Waals surface area contributed by atoms with Crippen molar-refractivity contribution in [3.05, 3.63) is 77.0 Å². The molecule has 33 heavy (non-hydrogen) atoms. The Morgan fingerprint density at radius 2 is 1.88 bits per heavy atom. The van der Waals surface area contributed by atoms with Gasteiger partial charge in [-0.1, -0.05) is 12.1 Å². The Kier molecular flexibility index (Phi) is 6.37. The summed E-state index contributed by atoms with van der Waals surface area (Å²) in [7, 11) is 1.68. The van der Waals surface area contributed by atoms with E-state index in [0.29, 0.717) is 22.9 Å². The van der Waals surface area contributed by atoms with Crippen molar-refractivity contribution in [1.29, 1.82) is 0 Å². The highest BCUT2D eigenvalue weighted by molar-refractivity contribution is 5.60. The van der Waals surface area contributed by atoms with Crippen molar-refractivity contribution in [3.8, 4) is 22.8 Å². The number of nitrogens with zero attached hydrogens (tertiary/aromatic N) is 5. The Hall–Kier alpha value is -3.78. The second kappa shape index (κ2) is 9.38. The Labute approximate surface area is 193 Å². The Bertz CT molecular complexity index is 1280. The predicted molar refractivity (Wildman–Crippen MR) is 128 cm³/mol. The van der Waals surface area contributed by atoms with Crippen molar-refractivity contribution < 1.29 is 9.84 Å². The van der Waals surface area contributed by atoms with E-state index >= 15 is 0 Å². The molecule has 0 amide bonds. The molecule has 3 aromatic heterocycles. The molecule has 8 nitrogen and oxygen atoms in total. The van der Waals surface area contributed by atoms with Gasteiger partial charge in [0.05, 0.1) is 48.9 Å². The number of aliphatic hydroxyl groups excluding tert-OH is 1. The van der Waals surface area contributed by atoms with Crippen LogP contribution in [0.5, 0.6) is 5.75 Å². The molecule has 0 fully saturated rings. The van der Waals surface area contributed by atoms with Crippen molar-refractivity contribution in [2.45, 2.75) is 40.3 Å². The molecule has 3 heterocycles. The van der Waals surface area contributed by atoms with Gasteiger partial charge in [-0.3, -0.25) is 0 Å². The van der Waals surface area contributed by atoms with E-state index in [1.54, 1.807) is 13.4 Å². The van der Waals surface area contributed by atoms with Crippen molar-refractivity contribution >= 4 is 5.82 Å². The van der Waals surface area contributed by atoms with E-state index in [2.05, 4.69) is 44.5 Å². The summed E-state index contributed by atoms with van der Waals surface area (Å²) in [6.45, 7) is 7.81. The van der Waals surface area contributed by atoms with Gasteiger partial charge in [0.1, 0.15) is 11.4 Å². The number of anilines is 1. The molecule has 8 heteroatoms. The normalized spacial score (nSPS) is 11.9. The van der Waals surface area contributed by atoms with Crippen LogP contribution in [0.2, 0.25) is 0 Å². The lowest BCUT2D eigenvalue weighted by molar-refractivity contribution is 0.276. The fraction of sp³-hybridized carbons (Fsp3) is 0.280. The SMILES string of the molecule is COc1cc(C)ccc1[C@H](C)Nc1nnc(-c2ccc(-n3cnc(C)c3)c(CO)n2)cc1C. The number of rotatable bonds is 7. The molecule has 0 aliphatic carbocycles. The minimum Gasteiger partial charge on any atom is -0.496 e. The molecule has 4 aromatic rings. The van der Waals surface area contributed by atoms with Gasteiger partial charge in [0.25, 0.3) is 0 Å². The van der Waals surface area contributed by atoms with Crippen LogP contribution < -0.4 is 10.1 Å². The van der Waals surface area contributed by atoms with Crippen molar-refractivity contribution in [3.63, 3.8) is 0 Å². The zero-order chi connectivity index (χ0) is 23.5. The quantitative estimate of drug-likeness (QED) is 0.438. The van der Waals surface area contributed by atoms with E-state index in [0.717, 1.165) is 33.8 Å². The van der Waals surface area contributed by atoms with Crippen LogP contribution in [0.25, 0.3) is 17.1 Å². The summed E-state index contributed by atoms with van der Waals surface area (Å²) in [5.74, 6) is 1.54. The highest BCUT2D eigenvalue weighted by Crippen LogP contribution is 2.30. The van der Waals surface area contributed by atoms with E-state index in [9.17, 15) is 5.11 Å². The highest BCUT2D eigenvalue weighted by Gasteiger charge is 2.15. The first-order valence-electron chi connectivity index (χ1n) is 10.8.